The fourth-order valence-electron chi connectivity index (χ4n) is 1.87. The first-order chi connectivity index (χ1) is 12.2. The zero-order chi connectivity index (χ0) is 19.6. The molecule has 2 atom stereocenters. The monoisotopic (exact) mass is 390 g/mol. The second-order valence-corrected chi connectivity index (χ2v) is 7.30. The lowest BCUT2D eigenvalue weighted by Gasteiger charge is -2.21. The second kappa shape index (κ2) is 11.2. The maximum atomic E-state index is 12.0. The fraction of sp³-hybridized carbons (Fsp3) is 0.588. The molecule has 148 valence electrons. The molecule has 0 amide bonds. The van der Waals surface area contributed by atoms with E-state index in [4.69, 9.17) is 23.5 Å². The molecule has 0 aliphatic carbocycles. The average molecular weight is 390 g/mol. The molecule has 0 saturated carbocycles. The minimum Gasteiger partial charge on any atom is -0.480 e. The number of hydrogen-bond acceptors (Lipinski definition) is 7. The average Bonchev–Trinajstić information content (AvgIpc) is 2.58. The van der Waals surface area contributed by atoms with E-state index in [1.807, 2.05) is 6.92 Å². The fourth-order valence-corrected chi connectivity index (χ4v) is 2.77. The molecule has 2 unspecified atom stereocenters. The molecular formula is C17H26O8S. The first-order valence-corrected chi connectivity index (χ1v) is 9.62. The van der Waals surface area contributed by atoms with Crippen LogP contribution >= 0.6 is 0 Å². The molecule has 0 fully saturated rings. The molecule has 0 bridgehead atoms. The van der Waals surface area contributed by atoms with Gasteiger partial charge >= 0.3 is 5.97 Å². The van der Waals surface area contributed by atoms with Crippen molar-refractivity contribution in [2.75, 3.05) is 33.0 Å². The summed E-state index contributed by atoms with van der Waals surface area (Å²) in [6.45, 7) is 5.49. The van der Waals surface area contributed by atoms with Crippen LogP contribution in [0.5, 0.6) is 0 Å². The van der Waals surface area contributed by atoms with Gasteiger partial charge in [0.15, 0.2) is 0 Å². The Morgan fingerprint density at radius 1 is 1.00 bits per heavy atom. The molecule has 26 heavy (non-hydrogen) atoms. The van der Waals surface area contributed by atoms with Crippen LogP contribution in [0.25, 0.3) is 0 Å². The number of carboxylic acid groups (broad SMARTS) is 1. The Morgan fingerprint density at radius 2 is 1.54 bits per heavy atom. The van der Waals surface area contributed by atoms with Gasteiger partial charge < -0.3 is 19.3 Å². The quantitative estimate of drug-likeness (QED) is 0.400. The van der Waals surface area contributed by atoms with E-state index in [0.717, 1.165) is 5.56 Å². The van der Waals surface area contributed by atoms with E-state index in [-0.39, 0.29) is 50.1 Å². The van der Waals surface area contributed by atoms with Crippen molar-refractivity contribution >= 4 is 16.1 Å². The van der Waals surface area contributed by atoms with E-state index < -0.39 is 16.1 Å². The second-order valence-electron chi connectivity index (χ2n) is 5.69. The third-order valence-corrected chi connectivity index (χ3v) is 4.83. The Bertz CT molecular complexity index is 641. The summed E-state index contributed by atoms with van der Waals surface area (Å²) in [5.74, 6) is -1.03. The van der Waals surface area contributed by atoms with E-state index in [1.165, 1.54) is 12.1 Å². The van der Waals surface area contributed by atoms with Gasteiger partial charge in [0.25, 0.3) is 10.1 Å². The van der Waals surface area contributed by atoms with E-state index in [2.05, 4.69) is 0 Å². The number of hydrogen-bond donors (Lipinski definition) is 1. The van der Waals surface area contributed by atoms with Gasteiger partial charge in [0.05, 0.1) is 43.5 Å². The molecule has 0 aliphatic heterocycles. The van der Waals surface area contributed by atoms with E-state index in [9.17, 15) is 13.2 Å². The van der Waals surface area contributed by atoms with Crippen LogP contribution in [0.2, 0.25) is 0 Å². The molecule has 0 radical (unpaired) electrons. The van der Waals surface area contributed by atoms with Crippen LogP contribution in [-0.4, -0.2) is 64.7 Å². The molecule has 1 N–H and O–H groups in total. The van der Waals surface area contributed by atoms with E-state index >= 15 is 0 Å². The molecule has 8 nitrogen and oxygen atoms in total. The van der Waals surface area contributed by atoms with Crippen LogP contribution in [0.15, 0.2) is 29.2 Å². The highest BCUT2D eigenvalue weighted by Crippen LogP contribution is 2.13. The Kier molecular flexibility index (Phi) is 9.74. The standard InChI is InChI=1S/C17H26O8S/c1-13-4-6-16(7-5-13)26(20,21)25-11-10-24-15(3)14(2)23-9-8-22-12-17(18)19/h4-7,14-15H,8-12H2,1-3H3,(H,18,19). The Labute approximate surface area is 154 Å². The Morgan fingerprint density at radius 3 is 2.08 bits per heavy atom. The predicted molar refractivity (Wildman–Crippen MR) is 93.6 cm³/mol. The van der Waals surface area contributed by atoms with Crippen molar-refractivity contribution in [3.63, 3.8) is 0 Å². The summed E-state index contributed by atoms with van der Waals surface area (Å²) < 4.78 is 44.8. The summed E-state index contributed by atoms with van der Waals surface area (Å²) in [5, 5.41) is 8.43. The number of carboxylic acids is 1. The Hall–Kier alpha value is -1.52. The highest BCUT2D eigenvalue weighted by Gasteiger charge is 2.16. The number of ether oxygens (including phenoxy) is 3. The van der Waals surface area contributed by atoms with Gasteiger partial charge in [-0.05, 0) is 32.9 Å². The van der Waals surface area contributed by atoms with Crippen LogP contribution in [0, 0.1) is 6.92 Å². The molecule has 1 aromatic rings. The van der Waals surface area contributed by atoms with Crippen molar-refractivity contribution in [2.45, 2.75) is 37.9 Å². The van der Waals surface area contributed by atoms with Crippen molar-refractivity contribution in [2.24, 2.45) is 0 Å². The smallest absolute Gasteiger partial charge is 0.329 e. The van der Waals surface area contributed by atoms with Crippen LogP contribution in [0.3, 0.4) is 0 Å². The van der Waals surface area contributed by atoms with Gasteiger partial charge in [-0.15, -0.1) is 0 Å². The highest BCUT2D eigenvalue weighted by atomic mass is 32.2. The van der Waals surface area contributed by atoms with Gasteiger partial charge in [0, 0.05) is 0 Å². The summed E-state index contributed by atoms with van der Waals surface area (Å²) in [6.07, 6.45) is -0.558. The summed E-state index contributed by atoms with van der Waals surface area (Å²) in [6, 6.07) is 6.40. The highest BCUT2D eigenvalue weighted by molar-refractivity contribution is 7.86. The number of carbonyl (C=O) groups is 1. The molecule has 9 heteroatoms. The number of aliphatic carboxylic acids is 1. The molecule has 0 aliphatic rings. The van der Waals surface area contributed by atoms with Crippen molar-refractivity contribution < 1.29 is 36.7 Å². The van der Waals surface area contributed by atoms with Crippen molar-refractivity contribution in [1.29, 1.82) is 0 Å². The summed E-state index contributed by atoms with van der Waals surface area (Å²) in [7, 11) is -3.80. The normalized spacial score (nSPS) is 14.1. The van der Waals surface area contributed by atoms with Crippen molar-refractivity contribution in [3.05, 3.63) is 29.8 Å². The van der Waals surface area contributed by atoms with Crippen molar-refractivity contribution in [3.8, 4) is 0 Å². The van der Waals surface area contributed by atoms with Crippen LogP contribution in [0.1, 0.15) is 19.4 Å². The first kappa shape index (κ1) is 22.5. The third kappa shape index (κ3) is 8.72. The molecule has 1 rings (SSSR count). The van der Waals surface area contributed by atoms with E-state index in [1.54, 1.807) is 26.0 Å². The maximum Gasteiger partial charge on any atom is 0.329 e. The largest absolute Gasteiger partial charge is 0.480 e. The third-order valence-electron chi connectivity index (χ3n) is 3.51. The van der Waals surface area contributed by atoms with Gasteiger partial charge in [-0.25, -0.2) is 4.79 Å². The van der Waals surface area contributed by atoms with Gasteiger partial charge in [-0.3, -0.25) is 4.18 Å². The zero-order valence-corrected chi connectivity index (χ0v) is 16.0. The molecular weight excluding hydrogens is 364 g/mol. The lowest BCUT2D eigenvalue weighted by Crippen LogP contribution is -2.29. The van der Waals surface area contributed by atoms with Gasteiger partial charge in [-0.1, -0.05) is 17.7 Å². The molecule has 0 spiro atoms. The van der Waals surface area contributed by atoms with Crippen LogP contribution < -0.4 is 0 Å². The topological polar surface area (TPSA) is 108 Å². The minimum atomic E-state index is -3.80. The molecule has 0 saturated heterocycles. The molecule has 0 aromatic heterocycles. The molecule has 0 heterocycles. The molecule has 1 aromatic carbocycles. The van der Waals surface area contributed by atoms with Gasteiger partial charge in [-0.2, -0.15) is 8.42 Å². The maximum absolute atomic E-state index is 12.0. The SMILES string of the molecule is Cc1ccc(S(=O)(=O)OCCOC(C)C(C)OCCOCC(=O)O)cc1. The van der Waals surface area contributed by atoms with Crippen molar-refractivity contribution in [1.82, 2.24) is 0 Å². The summed E-state index contributed by atoms with van der Waals surface area (Å²) in [4.78, 5) is 10.4. The van der Waals surface area contributed by atoms with Crippen LogP contribution in [-0.2, 0) is 33.3 Å². The first-order valence-electron chi connectivity index (χ1n) is 8.21. The summed E-state index contributed by atoms with van der Waals surface area (Å²) in [5.41, 5.74) is 0.962. The Balaban J connectivity index is 2.23. The zero-order valence-electron chi connectivity index (χ0n) is 15.2. The lowest BCUT2D eigenvalue weighted by atomic mass is 10.2. The van der Waals surface area contributed by atoms with E-state index in [0.29, 0.717) is 0 Å². The van der Waals surface area contributed by atoms with Gasteiger partial charge in [0.1, 0.15) is 6.61 Å². The van der Waals surface area contributed by atoms with Crippen LogP contribution in [0.4, 0.5) is 0 Å². The predicted octanol–water partition coefficient (Wildman–Crippen LogP) is 1.61. The summed E-state index contributed by atoms with van der Waals surface area (Å²) >= 11 is 0. The lowest BCUT2D eigenvalue weighted by molar-refractivity contribution is -0.143. The number of benzene rings is 1. The van der Waals surface area contributed by atoms with Gasteiger partial charge in [0.2, 0.25) is 0 Å². The number of rotatable bonds is 13. The number of aryl methyl sites for hydroxylation is 1. The minimum absolute atomic E-state index is 0.0927.